The number of methoxy groups -OCH3 is 1. The summed E-state index contributed by atoms with van der Waals surface area (Å²) in [6.07, 6.45) is 1.68. The summed E-state index contributed by atoms with van der Waals surface area (Å²) < 4.78 is 8.61. The molecule has 0 bridgehead atoms. The first-order valence-electron chi connectivity index (χ1n) is 8.60. The first-order chi connectivity index (χ1) is 13.5. The number of thioether (sulfide) groups is 2. The molecule has 7 nitrogen and oxygen atoms in total. The minimum atomic E-state index is -0.0879. The Hall–Kier alpha value is -2.04. The van der Waals surface area contributed by atoms with Gasteiger partial charge in [0.2, 0.25) is 5.91 Å². The molecule has 0 aliphatic carbocycles. The van der Waals surface area contributed by atoms with Crippen LogP contribution in [-0.4, -0.2) is 38.7 Å². The number of benzene rings is 1. The van der Waals surface area contributed by atoms with Crippen molar-refractivity contribution in [2.45, 2.75) is 34.3 Å². The smallest absolute Gasteiger partial charge is 0.235 e. The van der Waals surface area contributed by atoms with E-state index in [-0.39, 0.29) is 17.7 Å². The minimum Gasteiger partial charge on any atom is -0.497 e. The van der Waals surface area contributed by atoms with Crippen LogP contribution in [0.1, 0.15) is 25.5 Å². The third-order valence-electron chi connectivity index (χ3n) is 3.66. The zero-order valence-corrected chi connectivity index (χ0v) is 18.2. The molecular formula is C18H21N5O2S3. The van der Waals surface area contributed by atoms with Gasteiger partial charge in [-0.15, -0.1) is 10.2 Å². The third-order valence-corrected chi connectivity index (χ3v) is 6.92. The molecule has 148 valence electrons. The summed E-state index contributed by atoms with van der Waals surface area (Å²) in [7, 11) is 1.66. The highest BCUT2D eigenvalue weighted by Crippen LogP contribution is 2.31. The summed E-state index contributed by atoms with van der Waals surface area (Å²) >= 11 is 4.51. The molecule has 28 heavy (non-hydrogen) atoms. The molecule has 3 rings (SSSR count). The standard InChI is InChI=1S/C18H21N5O2S3/c1-12(2)23-15(8-9-19-23)20-16(24)11-27-18-22-21-17(28-18)26-10-13-4-6-14(25-3)7-5-13/h4-9,12H,10-11H2,1-3H3,(H,20,24). The average Bonchev–Trinajstić information content (AvgIpc) is 3.34. The fraction of sp³-hybridized carbons (Fsp3) is 0.333. The van der Waals surface area contributed by atoms with Gasteiger partial charge in [0.25, 0.3) is 0 Å². The topological polar surface area (TPSA) is 81.9 Å². The Balaban J connectivity index is 1.46. The van der Waals surface area contributed by atoms with Crippen LogP contribution in [0.25, 0.3) is 0 Å². The van der Waals surface area contributed by atoms with Crippen LogP contribution >= 0.6 is 34.9 Å². The first-order valence-corrected chi connectivity index (χ1v) is 11.4. The Morgan fingerprint density at radius 1 is 1.18 bits per heavy atom. The molecule has 1 aromatic carbocycles. The van der Waals surface area contributed by atoms with E-state index in [9.17, 15) is 4.79 Å². The van der Waals surface area contributed by atoms with Crippen molar-refractivity contribution >= 4 is 46.6 Å². The van der Waals surface area contributed by atoms with Crippen LogP contribution in [0, 0.1) is 0 Å². The molecule has 0 atom stereocenters. The summed E-state index contributed by atoms with van der Waals surface area (Å²) in [5, 5.41) is 15.5. The van der Waals surface area contributed by atoms with Crippen molar-refractivity contribution in [2.75, 3.05) is 18.2 Å². The van der Waals surface area contributed by atoms with Crippen LogP contribution in [0.5, 0.6) is 5.75 Å². The van der Waals surface area contributed by atoms with Gasteiger partial charge in [-0.2, -0.15) is 5.10 Å². The van der Waals surface area contributed by atoms with Gasteiger partial charge in [0.1, 0.15) is 11.6 Å². The quantitative estimate of drug-likeness (QED) is 0.500. The van der Waals surface area contributed by atoms with Gasteiger partial charge in [0, 0.05) is 17.9 Å². The number of ether oxygens (including phenoxy) is 1. The maximum atomic E-state index is 12.2. The van der Waals surface area contributed by atoms with Gasteiger partial charge in [-0.25, -0.2) is 4.68 Å². The number of rotatable bonds is 9. The Morgan fingerprint density at radius 3 is 2.57 bits per heavy atom. The second-order valence-corrected chi connectivity index (χ2v) is 9.48. The van der Waals surface area contributed by atoms with Gasteiger partial charge < -0.3 is 10.1 Å². The van der Waals surface area contributed by atoms with Crippen molar-refractivity contribution in [3.8, 4) is 5.75 Å². The summed E-state index contributed by atoms with van der Waals surface area (Å²) in [5.74, 6) is 2.55. The van der Waals surface area contributed by atoms with Crippen molar-refractivity contribution < 1.29 is 9.53 Å². The van der Waals surface area contributed by atoms with E-state index in [0.717, 1.165) is 20.2 Å². The van der Waals surface area contributed by atoms with E-state index < -0.39 is 0 Å². The monoisotopic (exact) mass is 435 g/mol. The van der Waals surface area contributed by atoms with E-state index in [1.54, 1.807) is 35.8 Å². The minimum absolute atomic E-state index is 0.0879. The number of hydrogen-bond acceptors (Lipinski definition) is 8. The molecule has 10 heteroatoms. The van der Waals surface area contributed by atoms with Gasteiger partial charge in [-0.1, -0.05) is 47.0 Å². The Kier molecular flexibility index (Phi) is 7.35. The third kappa shape index (κ3) is 5.73. The lowest BCUT2D eigenvalue weighted by atomic mass is 10.2. The zero-order valence-electron chi connectivity index (χ0n) is 15.8. The predicted molar refractivity (Wildman–Crippen MR) is 114 cm³/mol. The van der Waals surface area contributed by atoms with Gasteiger partial charge in [0.15, 0.2) is 8.68 Å². The van der Waals surface area contributed by atoms with Crippen molar-refractivity contribution in [3.05, 3.63) is 42.1 Å². The number of anilines is 1. The lowest BCUT2D eigenvalue weighted by molar-refractivity contribution is -0.113. The summed E-state index contributed by atoms with van der Waals surface area (Å²) in [5.41, 5.74) is 1.19. The molecule has 0 unspecified atom stereocenters. The van der Waals surface area contributed by atoms with E-state index in [1.165, 1.54) is 28.7 Å². The van der Waals surface area contributed by atoms with Crippen LogP contribution in [-0.2, 0) is 10.5 Å². The number of aromatic nitrogens is 4. The highest BCUT2D eigenvalue weighted by molar-refractivity contribution is 8.03. The lowest BCUT2D eigenvalue weighted by Gasteiger charge is -2.11. The number of nitrogens with zero attached hydrogens (tertiary/aromatic N) is 4. The number of hydrogen-bond donors (Lipinski definition) is 1. The summed E-state index contributed by atoms with van der Waals surface area (Å²) in [4.78, 5) is 12.2. The normalized spacial score (nSPS) is 11.0. The molecule has 2 heterocycles. The molecule has 0 saturated heterocycles. The second kappa shape index (κ2) is 9.94. The predicted octanol–water partition coefficient (Wildman–Crippen LogP) is 4.35. The molecule has 1 amide bonds. The van der Waals surface area contributed by atoms with Crippen molar-refractivity contribution in [2.24, 2.45) is 0 Å². The van der Waals surface area contributed by atoms with Gasteiger partial charge in [0.05, 0.1) is 19.1 Å². The van der Waals surface area contributed by atoms with Crippen LogP contribution in [0.2, 0.25) is 0 Å². The molecule has 0 radical (unpaired) electrons. The van der Waals surface area contributed by atoms with E-state index >= 15 is 0 Å². The molecule has 1 N–H and O–H groups in total. The molecule has 2 aromatic heterocycles. The molecular weight excluding hydrogens is 414 g/mol. The van der Waals surface area contributed by atoms with Crippen molar-refractivity contribution in [1.29, 1.82) is 0 Å². The largest absolute Gasteiger partial charge is 0.497 e. The SMILES string of the molecule is COc1ccc(CSc2nnc(SCC(=O)Nc3ccnn3C(C)C)s2)cc1. The number of carbonyl (C=O) groups is 1. The fourth-order valence-electron chi connectivity index (χ4n) is 2.31. The maximum absolute atomic E-state index is 12.2. The number of nitrogens with one attached hydrogen (secondary N) is 1. The molecule has 0 aliphatic rings. The molecule has 0 fully saturated rings. The highest BCUT2D eigenvalue weighted by atomic mass is 32.2. The Labute approximate surface area is 176 Å². The molecule has 0 spiro atoms. The lowest BCUT2D eigenvalue weighted by Crippen LogP contribution is -2.18. The molecule has 0 saturated carbocycles. The van der Waals surface area contributed by atoms with Crippen molar-refractivity contribution in [3.63, 3.8) is 0 Å². The van der Waals surface area contributed by atoms with Crippen molar-refractivity contribution in [1.82, 2.24) is 20.0 Å². The average molecular weight is 436 g/mol. The fourth-order valence-corrected chi connectivity index (χ4v) is 5.09. The maximum Gasteiger partial charge on any atom is 0.235 e. The zero-order chi connectivity index (χ0) is 19.9. The molecule has 0 aliphatic heterocycles. The van der Waals surface area contributed by atoms with Crippen LogP contribution < -0.4 is 10.1 Å². The summed E-state index contributed by atoms with van der Waals surface area (Å²) in [6, 6.07) is 9.94. The Morgan fingerprint density at radius 2 is 1.89 bits per heavy atom. The van der Waals surface area contributed by atoms with Gasteiger partial charge in [-0.05, 0) is 31.5 Å². The summed E-state index contributed by atoms with van der Waals surface area (Å²) in [6.45, 7) is 4.04. The van der Waals surface area contributed by atoms with E-state index in [2.05, 4.69) is 20.6 Å². The number of carbonyl (C=O) groups excluding carboxylic acids is 1. The Bertz CT molecular complexity index is 908. The van der Waals surface area contributed by atoms with Crippen LogP contribution in [0.15, 0.2) is 45.2 Å². The van der Waals surface area contributed by atoms with E-state index in [4.69, 9.17) is 4.74 Å². The first kappa shape index (κ1) is 20.7. The molecule has 3 aromatic rings. The van der Waals surface area contributed by atoms with E-state index in [1.807, 2.05) is 38.1 Å². The van der Waals surface area contributed by atoms with Crippen LogP contribution in [0.3, 0.4) is 0 Å². The highest BCUT2D eigenvalue weighted by Gasteiger charge is 2.12. The second-order valence-electron chi connectivity index (χ2n) is 6.06. The number of amides is 1. The van der Waals surface area contributed by atoms with E-state index in [0.29, 0.717) is 5.82 Å². The van der Waals surface area contributed by atoms with Gasteiger partial charge in [-0.3, -0.25) is 4.79 Å². The van der Waals surface area contributed by atoms with Gasteiger partial charge >= 0.3 is 0 Å². The van der Waals surface area contributed by atoms with Crippen LogP contribution in [0.4, 0.5) is 5.82 Å².